The predicted octanol–water partition coefficient (Wildman–Crippen LogP) is 3.50. The number of carboxylic acids is 1. The van der Waals surface area contributed by atoms with Crippen molar-refractivity contribution < 1.29 is 18.7 Å². The van der Waals surface area contributed by atoms with Gasteiger partial charge in [-0.15, -0.1) is 0 Å². The van der Waals surface area contributed by atoms with Crippen molar-refractivity contribution in [1.82, 2.24) is 9.55 Å². The van der Waals surface area contributed by atoms with Crippen LogP contribution in [0.15, 0.2) is 54.9 Å². The lowest BCUT2D eigenvalue weighted by Gasteiger charge is -2.10. The van der Waals surface area contributed by atoms with E-state index < -0.39 is 17.6 Å². The quantitative estimate of drug-likeness (QED) is 0.780. The summed E-state index contributed by atoms with van der Waals surface area (Å²) >= 11 is 0. The minimum atomic E-state index is -0.993. The van der Waals surface area contributed by atoms with Crippen LogP contribution >= 0.6 is 0 Å². The third-order valence-electron chi connectivity index (χ3n) is 3.74. The van der Waals surface area contributed by atoms with Gasteiger partial charge in [0.05, 0.1) is 5.56 Å². The molecule has 0 amide bonds. The zero-order valence-electron chi connectivity index (χ0n) is 12.6. The Balaban J connectivity index is 1.86. The Kier molecular flexibility index (Phi) is 4.37. The fraction of sp³-hybridized carbons (Fsp3) is 0.111. The van der Waals surface area contributed by atoms with Gasteiger partial charge in [-0.05, 0) is 29.3 Å². The Morgan fingerprint density at radius 3 is 2.67 bits per heavy atom. The summed E-state index contributed by atoms with van der Waals surface area (Å²) < 4.78 is 28.1. The van der Waals surface area contributed by atoms with Gasteiger partial charge in [-0.25, -0.2) is 18.6 Å². The van der Waals surface area contributed by atoms with Crippen LogP contribution in [0.4, 0.5) is 8.78 Å². The fourth-order valence-corrected chi connectivity index (χ4v) is 2.53. The number of aromatic nitrogens is 2. The van der Waals surface area contributed by atoms with E-state index in [1.165, 1.54) is 6.07 Å². The van der Waals surface area contributed by atoms with Gasteiger partial charge in [0.15, 0.2) is 11.6 Å². The molecular formula is C18H14F2N2O2. The van der Waals surface area contributed by atoms with Gasteiger partial charge in [0.1, 0.15) is 5.82 Å². The third-order valence-corrected chi connectivity index (χ3v) is 3.74. The molecule has 0 fully saturated rings. The number of nitrogens with zero attached hydrogens (tertiary/aromatic N) is 2. The maximum Gasteiger partial charge on any atom is 0.336 e. The molecule has 0 atom stereocenters. The van der Waals surface area contributed by atoms with Crippen molar-refractivity contribution in [3.8, 4) is 0 Å². The van der Waals surface area contributed by atoms with Gasteiger partial charge in [-0.2, -0.15) is 0 Å². The van der Waals surface area contributed by atoms with Crippen molar-refractivity contribution in [2.24, 2.45) is 0 Å². The van der Waals surface area contributed by atoms with Crippen LogP contribution in [0.25, 0.3) is 0 Å². The number of hydrogen-bond donors (Lipinski definition) is 1. The van der Waals surface area contributed by atoms with Crippen molar-refractivity contribution in [3.05, 3.63) is 89.0 Å². The first-order chi connectivity index (χ1) is 11.5. The first-order valence-electron chi connectivity index (χ1n) is 7.29. The molecule has 3 aromatic rings. The van der Waals surface area contributed by atoms with E-state index in [9.17, 15) is 18.7 Å². The fourth-order valence-electron chi connectivity index (χ4n) is 2.53. The molecular weight excluding hydrogens is 314 g/mol. The SMILES string of the molecule is O=C(O)c1ccccc1Cn1ccnc1Cc1ccc(F)c(F)c1. The predicted molar refractivity (Wildman–Crippen MR) is 83.9 cm³/mol. The summed E-state index contributed by atoms with van der Waals surface area (Å²) in [6.07, 6.45) is 3.64. The normalized spacial score (nSPS) is 10.8. The molecule has 24 heavy (non-hydrogen) atoms. The van der Waals surface area contributed by atoms with Crippen molar-refractivity contribution in [2.75, 3.05) is 0 Å². The van der Waals surface area contributed by atoms with E-state index in [2.05, 4.69) is 4.98 Å². The van der Waals surface area contributed by atoms with Gasteiger partial charge in [0.25, 0.3) is 0 Å². The number of benzene rings is 2. The van der Waals surface area contributed by atoms with Gasteiger partial charge < -0.3 is 9.67 Å². The number of rotatable bonds is 5. The Morgan fingerprint density at radius 2 is 1.92 bits per heavy atom. The van der Waals surface area contributed by atoms with Gasteiger partial charge >= 0.3 is 5.97 Å². The lowest BCUT2D eigenvalue weighted by atomic mass is 10.1. The molecule has 0 bridgehead atoms. The summed E-state index contributed by atoms with van der Waals surface area (Å²) in [4.78, 5) is 15.5. The first kappa shape index (κ1) is 15.9. The topological polar surface area (TPSA) is 55.1 Å². The van der Waals surface area contributed by atoms with Crippen LogP contribution in [0.2, 0.25) is 0 Å². The molecule has 0 aliphatic heterocycles. The Labute approximate surface area is 137 Å². The number of carbonyl (C=O) groups is 1. The molecule has 0 aliphatic carbocycles. The standard InChI is InChI=1S/C18H14F2N2O2/c19-15-6-5-12(9-16(15)20)10-17-21-7-8-22(17)11-13-3-1-2-4-14(13)18(23)24/h1-9H,10-11H2,(H,23,24). The molecule has 122 valence electrons. The molecule has 0 radical (unpaired) electrons. The number of aromatic carboxylic acids is 1. The highest BCUT2D eigenvalue weighted by Gasteiger charge is 2.12. The van der Waals surface area contributed by atoms with E-state index in [-0.39, 0.29) is 5.56 Å². The number of imidazole rings is 1. The van der Waals surface area contributed by atoms with Crippen LogP contribution in [0, 0.1) is 11.6 Å². The molecule has 0 spiro atoms. The monoisotopic (exact) mass is 328 g/mol. The second kappa shape index (κ2) is 6.62. The van der Waals surface area contributed by atoms with Crippen molar-refractivity contribution in [2.45, 2.75) is 13.0 Å². The molecule has 0 aliphatic rings. The van der Waals surface area contributed by atoms with Crippen LogP contribution in [0.5, 0.6) is 0 Å². The summed E-state index contributed by atoms with van der Waals surface area (Å²) in [5, 5.41) is 9.25. The van der Waals surface area contributed by atoms with E-state index in [0.717, 1.165) is 12.1 Å². The number of halogens is 2. The molecule has 1 heterocycles. The van der Waals surface area contributed by atoms with Crippen LogP contribution < -0.4 is 0 Å². The largest absolute Gasteiger partial charge is 0.478 e. The molecule has 0 saturated heterocycles. The molecule has 0 unspecified atom stereocenters. The summed E-state index contributed by atoms with van der Waals surface area (Å²) in [6.45, 7) is 0.335. The zero-order valence-corrected chi connectivity index (χ0v) is 12.6. The molecule has 0 saturated carbocycles. The lowest BCUT2D eigenvalue weighted by Crippen LogP contribution is -2.09. The van der Waals surface area contributed by atoms with Crippen molar-refractivity contribution in [1.29, 1.82) is 0 Å². The maximum atomic E-state index is 13.3. The molecule has 6 heteroatoms. The van der Waals surface area contributed by atoms with E-state index in [0.29, 0.717) is 29.9 Å². The summed E-state index contributed by atoms with van der Waals surface area (Å²) in [6, 6.07) is 10.4. The number of hydrogen-bond acceptors (Lipinski definition) is 2. The van der Waals surface area contributed by atoms with Gasteiger partial charge in [0.2, 0.25) is 0 Å². The second-order valence-electron chi connectivity index (χ2n) is 5.36. The summed E-state index contributed by atoms with van der Waals surface area (Å²) in [5.41, 5.74) is 1.47. The van der Waals surface area contributed by atoms with E-state index in [1.54, 1.807) is 41.2 Å². The molecule has 3 rings (SSSR count). The van der Waals surface area contributed by atoms with Crippen molar-refractivity contribution in [3.63, 3.8) is 0 Å². The Morgan fingerprint density at radius 1 is 1.12 bits per heavy atom. The van der Waals surface area contributed by atoms with E-state index in [1.807, 2.05) is 0 Å². The minimum absolute atomic E-state index is 0.227. The summed E-state index contributed by atoms with van der Waals surface area (Å²) in [5.74, 6) is -2.15. The lowest BCUT2D eigenvalue weighted by molar-refractivity contribution is 0.0695. The highest BCUT2D eigenvalue weighted by Crippen LogP contribution is 2.15. The Hall–Kier alpha value is -3.02. The molecule has 1 aromatic heterocycles. The second-order valence-corrected chi connectivity index (χ2v) is 5.36. The Bertz CT molecular complexity index is 890. The highest BCUT2D eigenvalue weighted by molar-refractivity contribution is 5.89. The van der Waals surface area contributed by atoms with Crippen LogP contribution in [-0.2, 0) is 13.0 Å². The average molecular weight is 328 g/mol. The average Bonchev–Trinajstić information content (AvgIpc) is 2.98. The van der Waals surface area contributed by atoms with E-state index >= 15 is 0 Å². The first-order valence-corrected chi connectivity index (χ1v) is 7.29. The minimum Gasteiger partial charge on any atom is -0.478 e. The highest BCUT2D eigenvalue weighted by atomic mass is 19.2. The van der Waals surface area contributed by atoms with Crippen LogP contribution in [0.1, 0.15) is 27.3 Å². The molecule has 1 N–H and O–H groups in total. The zero-order chi connectivity index (χ0) is 17.1. The number of carboxylic acid groups (broad SMARTS) is 1. The summed E-state index contributed by atoms with van der Waals surface area (Å²) in [7, 11) is 0. The smallest absolute Gasteiger partial charge is 0.336 e. The third kappa shape index (κ3) is 3.32. The maximum absolute atomic E-state index is 13.3. The van der Waals surface area contributed by atoms with Crippen LogP contribution in [-0.4, -0.2) is 20.6 Å². The van der Waals surface area contributed by atoms with Crippen LogP contribution in [0.3, 0.4) is 0 Å². The van der Waals surface area contributed by atoms with Crippen molar-refractivity contribution >= 4 is 5.97 Å². The molecule has 4 nitrogen and oxygen atoms in total. The van der Waals surface area contributed by atoms with E-state index in [4.69, 9.17) is 0 Å². The van der Waals surface area contributed by atoms with Gasteiger partial charge in [0, 0.05) is 25.4 Å². The molecule has 2 aromatic carbocycles. The van der Waals surface area contributed by atoms with Gasteiger partial charge in [-0.1, -0.05) is 24.3 Å². The van der Waals surface area contributed by atoms with Gasteiger partial charge in [-0.3, -0.25) is 0 Å².